The number of hydrogen-bond donors (Lipinski definition) is 1. The van der Waals surface area contributed by atoms with Gasteiger partial charge in [-0.15, -0.1) is 11.8 Å². The van der Waals surface area contributed by atoms with Crippen molar-refractivity contribution in [1.29, 1.82) is 5.26 Å². The zero-order valence-corrected chi connectivity index (χ0v) is 13.7. The summed E-state index contributed by atoms with van der Waals surface area (Å²) in [5.74, 6) is -0.106. The van der Waals surface area contributed by atoms with E-state index in [9.17, 15) is 4.79 Å². The number of carbonyl (C=O) groups is 1. The quantitative estimate of drug-likeness (QED) is 0.857. The molecule has 3 nitrogen and oxygen atoms in total. The fourth-order valence-electron chi connectivity index (χ4n) is 1.97. The van der Waals surface area contributed by atoms with Crippen molar-refractivity contribution in [3.05, 3.63) is 59.2 Å². The Morgan fingerprint density at radius 1 is 1.18 bits per heavy atom. The van der Waals surface area contributed by atoms with E-state index in [-0.39, 0.29) is 11.2 Å². The average molecular weight is 310 g/mol. The van der Waals surface area contributed by atoms with Gasteiger partial charge in [-0.3, -0.25) is 4.79 Å². The van der Waals surface area contributed by atoms with Gasteiger partial charge in [0.1, 0.15) is 6.07 Å². The minimum Gasteiger partial charge on any atom is -0.324 e. The van der Waals surface area contributed by atoms with Gasteiger partial charge in [0.15, 0.2) is 0 Å². The normalized spacial score (nSPS) is 11.5. The van der Waals surface area contributed by atoms with E-state index >= 15 is 0 Å². The largest absolute Gasteiger partial charge is 0.324 e. The van der Waals surface area contributed by atoms with Crippen LogP contribution in [-0.2, 0) is 4.79 Å². The van der Waals surface area contributed by atoms with E-state index in [1.165, 1.54) is 22.9 Å². The molecule has 0 aliphatic carbocycles. The molecule has 0 heterocycles. The van der Waals surface area contributed by atoms with Gasteiger partial charge < -0.3 is 5.32 Å². The molecule has 4 heteroatoms. The van der Waals surface area contributed by atoms with Gasteiger partial charge in [0.25, 0.3) is 0 Å². The van der Waals surface area contributed by atoms with Crippen LogP contribution in [0.5, 0.6) is 0 Å². The first-order valence-electron chi connectivity index (χ1n) is 7.05. The lowest BCUT2D eigenvalue weighted by Crippen LogP contribution is -2.22. The summed E-state index contributed by atoms with van der Waals surface area (Å²) in [7, 11) is 0. The summed E-state index contributed by atoms with van der Waals surface area (Å²) >= 11 is 1.51. The second-order valence-corrected chi connectivity index (χ2v) is 6.57. The number of benzene rings is 2. The summed E-state index contributed by atoms with van der Waals surface area (Å²) in [5, 5.41) is 11.6. The van der Waals surface area contributed by atoms with Crippen LogP contribution in [0.15, 0.2) is 47.4 Å². The molecular weight excluding hydrogens is 292 g/mol. The van der Waals surface area contributed by atoms with Crippen molar-refractivity contribution in [2.24, 2.45) is 0 Å². The van der Waals surface area contributed by atoms with Gasteiger partial charge in [-0.25, -0.2) is 0 Å². The third-order valence-electron chi connectivity index (χ3n) is 3.47. The molecule has 0 aliphatic rings. The van der Waals surface area contributed by atoms with Crippen LogP contribution in [0, 0.1) is 25.2 Å². The minimum atomic E-state index is -0.242. The Labute approximate surface area is 135 Å². The number of nitriles is 1. The standard InChI is InChI=1S/C18H18N2OS/c1-12-8-9-16(10-13(12)2)22-14(3)18(21)20-17-7-5-4-6-15(17)11-19/h4-10,14H,1-3H3,(H,20,21)/t14-/m1/s1. The molecule has 2 aromatic rings. The predicted molar refractivity (Wildman–Crippen MR) is 91.0 cm³/mol. The first kappa shape index (κ1) is 16.1. The Bertz CT molecular complexity index is 734. The Hall–Kier alpha value is -2.25. The summed E-state index contributed by atoms with van der Waals surface area (Å²) in [6.45, 7) is 6.00. The third-order valence-corrected chi connectivity index (χ3v) is 4.56. The molecule has 0 unspecified atom stereocenters. The van der Waals surface area contributed by atoms with E-state index in [4.69, 9.17) is 5.26 Å². The Kier molecular flexibility index (Phi) is 5.24. The highest BCUT2D eigenvalue weighted by Crippen LogP contribution is 2.26. The van der Waals surface area contributed by atoms with Gasteiger partial charge in [-0.1, -0.05) is 18.2 Å². The zero-order valence-electron chi connectivity index (χ0n) is 12.9. The van der Waals surface area contributed by atoms with Gasteiger partial charge in [0.2, 0.25) is 5.91 Å². The molecule has 0 fully saturated rings. The maximum atomic E-state index is 12.3. The Morgan fingerprint density at radius 3 is 2.59 bits per heavy atom. The third kappa shape index (κ3) is 3.90. The lowest BCUT2D eigenvalue weighted by atomic mass is 10.1. The van der Waals surface area contributed by atoms with E-state index < -0.39 is 0 Å². The topological polar surface area (TPSA) is 52.9 Å². The molecule has 22 heavy (non-hydrogen) atoms. The van der Waals surface area contributed by atoms with E-state index in [2.05, 4.69) is 37.4 Å². The number of rotatable bonds is 4. The summed E-state index contributed by atoms with van der Waals surface area (Å²) in [6, 6.07) is 15.3. The molecule has 0 aliphatic heterocycles. The number of aryl methyl sites for hydroxylation is 2. The molecule has 0 saturated carbocycles. The van der Waals surface area contributed by atoms with Gasteiger partial charge >= 0.3 is 0 Å². The number of para-hydroxylation sites is 1. The molecule has 1 amide bonds. The van der Waals surface area contributed by atoms with Crippen molar-refractivity contribution in [3.63, 3.8) is 0 Å². The van der Waals surface area contributed by atoms with E-state index in [0.29, 0.717) is 11.3 Å². The molecule has 2 rings (SSSR count). The summed E-state index contributed by atoms with van der Waals surface area (Å²) in [4.78, 5) is 13.4. The smallest absolute Gasteiger partial charge is 0.237 e. The first-order valence-corrected chi connectivity index (χ1v) is 7.93. The minimum absolute atomic E-state index is 0.106. The van der Waals surface area contributed by atoms with Gasteiger partial charge in [0.05, 0.1) is 16.5 Å². The molecule has 112 valence electrons. The maximum Gasteiger partial charge on any atom is 0.237 e. The highest BCUT2D eigenvalue weighted by molar-refractivity contribution is 8.00. The molecule has 0 aromatic heterocycles. The fourth-order valence-corrected chi connectivity index (χ4v) is 2.93. The zero-order chi connectivity index (χ0) is 16.1. The SMILES string of the molecule is Cc1ccc(S[C@H](C)C(=O)Nc2ccccc2C#N)cc1C. The lowest BCUT2D eigenvalue weighted by Gasteiger charge is -2.13. The molecule has 0 bridgehead atoms. The number of thioether (sulfide) groups is 1. The van der Waals surface area contributed by atoms with Crippen LogP contribution in [0.2, 0.25) is 0 Å². The fraction of sp³-hybridized carbons (Fsp3) is 0.222. The molecule has 0 saturated heterocycles. The maximum absolute atomic E-state index is 12.3. The van der Waals surface area contributed by atoms with E-state index in [1.54, 1.807) is 24.3 Å². The molecule has 0 spiro atoms. The Balaban J connectivity index is 2.06. The molecule has 1 N–H and O–H groups in total. The van der Waals surface area contributed by atoms with Crippen LogP contribution in [0.4, 0.5) is 5.69 Å². The van der Waals surface area contributed by atoms with Crippen molar-refractivity contribution < 1.29 is 4.79 Å². The van der Waals surface area contributed by atoms with Crippen LogP contribution in [0.25, 0.3) is 0 Å². The first-order chi connectivity index (χ1) is 10.5. The van der Waals surface area contributed by atoms with Crippen LogP contribution in [0.1, 0.15) is 23.6 Å². The lowest BCUT2D eigenvalue weighted by molar-refractivity contribution is -0.115. The Morgan fingerprint density at radius 2 is 1.91 bits per heavy atom. The van der Waals surface area contributed by atoms with Crippen molar-refractivity contribution in [1.82, 2.24) is 0 Å². The van der Waals surface area contributed by atoms with E-state index in [1.807, 2.05) is 13.0 Å². The van der Waals surface area contributed by atoms with Crippen molar-refractivity contribution in [3.8, 4) is 6.07 Å². The highest BCUT2D eigenvalue weighted by Gasteiger charge is 2.16. The van der Waals surface area contributed by atoms with Crippen LogP contribution in [0.3, 0.4) is 0 Å². The second-order valence-electron chi connectivity index (χ2n) is 5.15. The summed E-state index contributed by atoms with van der Waals surface area (Å²) < 4.78 is 0. The number of nitrogens with one attached hydrogen (secondary N) is 1. The van der Waals surface area contributed by atoms with Crippen LogP contribution < -0.4 is 5.32 Å². The summed E-state index contributed by atoms with van der Waals surface area (Å²) in [6.07, 6.45) is 0. The second kappa shape index (κ2) is 7.15. The number of amides is 1. The van der Waals surface area contributed by atoms with E-state index in [0.717, 1.165) is 4.90 Å². The van der Waals surface area contributed by atoms with Crippen molar-refractivity contribution in [2.45, 2.75) is 30.9 Å². The van der Waals surface area contributed by atoms with Crippen molar-refractivity contribution >= 4 is 23.4 Å². The monoisotopic (exact) mass is 310 g/mol. The number of anilines is 1. The van der Waals surface area contributed by atoms with Gasteiger partial charge in [-0.05, 0) is 56.2 Å². The number of carbonyl (C=O) groups excluding carboxylic acids is 1. The summed E-state index contributed by atoms with van der Waals surface area (Å²) in [5.41, 5.74) is 3.48. The predicted octanol–water partition coefficient (Wildman–Crippen LogP) is 4.29. The van der Waals surface area contributed by atoms with Crippen LogP contribution in [-0.4, -0.2) is 11.2 Å². The average Bonchev–Trinajstić information content (AvgIpc) is 2.51. The van der Waals surface area contributed by atoms with Gasteiger partial charge in [-0.2, -0.15) is 5.26 Å². The molecule has 0 radical (unpaired) electrons. The molecule has 1 atom stereocenters. The molecule has 2 aromatic carbocycles. The highest BCUT2D eigenvalue weighted by atomic mass is 32.2. The van der Waals surface area contributed by atoms with Crippen molar-refractivity contribution in [2.75, 3.05) is 5.32 Å². The number of hydrogen-bond acceptors (Lipinski definition) is 3. The number of nitrogens with zero attached hydrogens (tertiary/aromatic N) is 1. The van der Waals surface area contributed by atoms with Crippen LogP contribution >= 0.6 is 11.8 Å². The molecular formula is C18H18N2OS. The van der Waals surface area contributed by atoms with Gasteiger partial charge in [0, 0.05) is 4.90 Å².